The summed E-state index contributed by atoms with van der Waals surface area (Å²) in [5, 5.41) is 8.35. The second kappa shape index (κ2) is 6.62. The molecule has 3 rings (SSSR count). The highest BCUT2D eigenvalue weighted by Crippen LogP contribution is 2.29. The molecule has 0 aliphatic carbocycles. The average Bonchev–Trinajstić information content (AvgIpc) is 2.94. The van der Waals surface area contributed by atoms with Gasteiger partial charge in [0.2, 0.25) is 0 Å². The van der Waals surface area contributed by atoms with Gasteiger partial charge in [-0.05, 0) is 23.6 Å². The quantitative estimate of drug-likeness (QED) is 0.921. The van der Waals surface area contributed by atoms with Crippen LogP contribution >= 0.6 is 0 Å². The molecule has 5 heteroatoms. The van der Waals surface area contributed by atoms with E-state index in [1.165, 1.54) is 22.5 Å². The van der Waals surface area contributed by atoms with E-state index in [0.717, 1.165) is 37.6 Å². The van der Waals surface area contributed by atoms with Gasteiger partial charge in [-0.1, -0.05) is 19.9 Å². The van der Waals surface area contributed by atoms with Crippen LogP contribution in [-0.4, -0.2) is 30.5 Å². The minimum Gasteiger partial charge on any atom is -0.493 e. The first-order chi connectivity index (χ1) is 11.1. The van der Waals surface area contributed by atoms with Crippen LogP contribution in [0, 0.1) is 0 Å². The molecular formula is C18H25N3O2. The second-order valence-electron chi connectivity index (χ2n) is 6.24. The fourth-order valence-electron chi connectivity index (χ4n) is 3.19. The Morgan fingerprint density at radius 3 is 2.70 bits per heavy atom. The summed E-state index contributed by atoms with van der Waals surface area (Å²) in [6.45, 7) is 7.11. The van der Waals surface area contributed by atoms with Crippen LogP contribution in [0.4, 0.5) is 0 Å². The molecule has 1 N–H and O–H groups in total. The first-order valence-corrected chi connectivity index (χ1v) is 8.14. The largest absolute Gasteiger partial charge is 0.493 e. The van der Waals surface area contributed by atoms with E-state index in [2.05, 4.69) is 29.9 Å². The third-order valence-corrected chi connectivity index (χ3v) is 4.37. The summed E-state index contributed by atoms with van der Waals surface area (Å²) in [6, 6.07) is 6.06. The van der Waals surface area contributed by atoms with Crippen molar-refractivity contribution in [3.8, 4) is 11.5 Å². The Labute approximate surface area is 137 Å². The molecule has 1 aliphatic heterocycles. The number of hydrogen-bond donors (Lipinski definition) is 1. The highest BCUT2D eigenvalue weighted by Gasteiger charge is 2.22. The van der Waals surface area contributed by atoms with Gasteiger partial charge in [0.25, 0.3) is 0 Å². The Morgan fingerprint density at radius 1 is 1.22 bits per heavy atom. The molecule has 0 atom stereocenters. The summed E-state index contributed by atoms with van der Waals surface area (Å²) >= 11 is 0. The van der Waals surface area contributed by atoms with Crippen LogP contribution in [0.2, 0.25) is 0 Å². The van der Waals surface area contributed by atoms with Gasteiger partial charge in [-0.15, -0.1) is 0 Å². The number of nitrogens with one attached hydrogen (secondary N) is 1. The zero-order valence-corrected chi connectivity index (χ0v) is 14.3. The highest BCUT2D eigenvalue weighted by atomic mass is 16.5. The molecule has 0 saturated heterocycles. The fraction of sp³-hybridized carbons (Fsp3) is 0.500. The van der Waals surface area contributed by atoms with Crippen molar-refractivity contribution < 1.29 is 9.47 Å². The topological polar surface area (TPSA) is 48.3 Å². The monoisotopic (exact) mass is 315 g/mol. The van der Waals surface area contributed by atoms with E-state index < -0.39 is 0 Å². The average molecular weight is 315 g/mol. The lowest BCUT2D eigenvalue weighted by Gasteiger charge is -2.16. The molecule has 0 spiro atoms. The Hall–Kier alpha value is -2.01. The highest BCUT2D eigenvalue weighted by molar-refractivity contribution is 5.43. The van der Waals surface area contributed by atoms with Crippen LogP contribution in [0.25, 0.3) is 0 Å². The van der Waals surface area contributed by atoms with E-state index >= 15 is 0 Å². The van der Waals surface area contributed by atoms with Gasteiger partial charge >= 0.3 is 0 Å². The zero-order valence-electron chi connectivity index (χ0n) is 14.3. The number of fused-ring (bicyclic) bond motifs is 1. The summed E-state index contributed by atoms with van der Waals surface area (Å²) < 4.78 is 12.9. The van der Waals surface area contributed by atoms with Crippen molar-refractivity contribution in [2.75, 3.05) is 20.8 Å². The molecule has 124 valence electrons. The minimum absolute atomic E-state index is 0.440. The van der Waals surface area contributed by atoms with E-state index in [9.17, 15) is 0 Å². The van der Waals surface area contributed by atoms with Crippen molar-refractivity contribution in [3.05, 3.63) is 40.7 Å². The Bertz CT molecular complexity index is 692. The molecule has 2 aromatic rings. The van der Waals surface area contributed by atoms with Gasteiger partial charge in [0, 0.05) is 30.8 Å². The third-order valence-electron chi connectivity index (χ3n) is 4.37. The lowest BCUT2D eigenvalue weighted by Crippen LogP contribution is -2.25. The van der Waals surface area contributed by atoms with Crippen LogP contribution in [0.5, 0.6) is 11.5 Å². The molecule has 1 aromatic carbocycles. The standard InChI is InChI=1S/C18H25N3O2/c1-12(2)18-14-10-19-8-7-15(14)21(20-18)11-13-5-6-16(22-3)17(9-13)23-4/h5-6,9,12,19H,7-8,10-11H2,1-4H3. The van der Waals surface area contributed by atoms with E-state index in [0.29, 0.717) is 5.92 Å². The summed E-state index contributed by atoms with van der Waals surface area (Å²) in [7, 11) is 3.32. The summed E-state index contributed by atoms with van der Waals surface area (Å²) in [5.41, 5.74) is 5.13. The van der Waals surface area contributed by atoms with E-state index in [-0.39, 0.29) is 0 Å². The summed E-state index contributed by atoms with van der Waals surface area (Å²) in [5.74, 6) is 1.96. The molecule has 0 fully saturated rings. The van der Waals surface area contributed by atoms with Gasteiger partial charge in [-0.25, -0.2) is 0 Å². The second-order valence-corrected chi connectivity index (χ2v) is 6.24. The van der Waals surface area contributed by atoms with Crippen molar-refractivity contribution in [3.63, 3.8) is 0 Å². The van der Waals surface area contributed by atoms with Crippen molar-refractivity contribution in [2.45, 2.75) is 39.3 Å². The van der Waals surface area contributed by atoms with Crippen LogP contribution < -0.4 is 14.8 Å². The predicted molar refractivity (Wildman–Crippen MR) is 90.4 cm³/mol. The SMILES string of the molecule is COc1ccc(Cn2nc(C(C)C)c3c2CCNC3)cc1OC. The predicted octanol–water partition coefficient (Wildman–Crippen LogP) is 2.72. The molecule has 1 aromatic heterocycles. The van der Waals surface area contributed by atoms with Crippen LogP contribution in [0.3, 0.4) is 0 Å². The van der Waals surface area contributed by atoms with Crippen molar-refractivity contribution in [2.24, 2.45) is 0 Å². The van der Waals surface area contributed by atoms with Crippen LogP contribution in [-0.2, 0) is 19.5 Å². The maximum atomic E-state index is 5.41. The van der Waals surface area contributed by atoms with E-state index in [1.807, 2.05) is 12.1 Å². The molecule has 0 bridgehead atoms. The number of ether oxygens (including phenoxy) is 2. The normalized spacial score (nSPS) is 14.0. The fourth-order valence-corrected chi connectivity index (χ4v) is 3.19. The molecule has 0 saturated carbocycles. The van der Waals surface area contributed by atoms with Gasteiger partial charge in [-0.3, -0.25) is 4.68 Å². The zero-order chi connectivity index (χ0) is 16.4. The van der Waals surface area contributed by atoms with Gasteiger partial charge < -0.3 is 14.8 Å². The van der Waals surface area contributed by atoms with Gasteiger partial charge in [-0.2, -0.15) is 5.10 Å². The number of methoxy groups -OCH3 is 2. The Kier molecular flexibility index (Phi) is 4.57. The smallest absolute Gasteiger partial charge is 0.161 e. The minimum atomic E-state index is 0.440. The molecule has 0 unspecified atom stereocenters. The lowest BCUT2D eigenvalue weighted by molar-refractivity contribution is 0.354. The number of nitrogens with zero attached hydrogens (tertiary/aromatic N) is 2. The number of rotatable bonds is 5. The summed E-state index contributed by atoms with van der Waals surface area (Å²) in [6.07, 6.45) is 1.03. The lowest BCUT2D eigenvalue weighted by atomic mass is 10.0. The maximum absolute atomic E-state index is 5.41. The first-order valence-electron chi connectivity index (χ1n) is 8.14. The number of hydrogen-bond acceptors (Lipinski definition) is 4. The molecule has 0 radical (unpaired) electrons. The molecule has 0 amide bonds. The van der Waals surface area contributed by atoms with E-state index in [1.54, 1.807) is 14.2 Å². The van der Waals surface area contributed by atoms with E-state index in [4.69, 9.17) is 14.6 Å². The Morgan fingerprint density at radius 2 is 2.00 bits per heavy atom. The number of benzene rings is 1. The van der Waals surface area contributed by atoms with Crippen LogP contribution in [0.15, 0.2) is 18.2 Å². The molecule has 5 nitrogen and oxygen atoms in total. The van der Waals surface area contributed by atoms with Crippen molar-refractivity contribution in [1.29, 1.82) is 0 Å². The Balaban J connectivity index is 1.94. The van der Waals surface area contributed by atoms with Crippen molar-refractivity contribution >= 4 is 0 Å². The summed E-state index contributed by atoms with van der Waals surface area (Å²) in [4.78, 5) is 0. The van der Waals surface area contributed by atoms with Crippen LogP contribution in [0.1, 0.15) is 42.3 Å². The van der Waals surface area contributed by atoms with Crippen molar-refractivity contribution in [1.82, 2.24) is 15.1 Å². The van der Waals surface area contributed by atoms with Gasteiger partial charge in [0.15, 0.2) is 11.5 Å². The van der Waals surface area contributed by atoms with Gasteiger partial charge in [0.1, 0.15) is 0 Å². The number of aromatic nitrogens is 2. The molecule has 2 heterocycles. The first kappa shape index (κ1) is 15.9. The maximum Gasteiger partial charge on any atom is 0.161 e. The third kappa shape index (κ3) is 3.06. The van der Waals surface area contributed by atoms with Gasteiger partial charge in [0.05, 0.1) is 26.5 Å². The molecular weight excluding hydrogens is 290 g/mol. The molecule has 1 aliphatic rings. The molecule has 23 heavy (non-hydrogen) atoms.